The summed E-state index contributed by atoms with van der Waals surface area (Å²) < 4.78 is 32.0. The number of hydrogen-bond donors (Lipinski definition) is 0. The van der Waals surface area contributed by atoms with Gasteiger partial charge in [0, 0.05) is 6.20 Å². The van der Waals surface area contributed by atoms with Crippen LogP contribution in [0.5, 0.6) is 0 Å². The van der Waals surface area contributed by atoms with Crippen molar-refractivity contribution in [2.75, 3.05) is 6.61 Å². The lowest BCUT2D eigenvalue weighted by molar-refractivity contribution is -0.275. The van der Waals surface area contributed by atoms with Gasteiger partial charge in [-0.15, -0.1) is 0 Å². The highest BCUT2D eigenvalue weighted by atomic mass is 32.1. The van der Waals surface area contributed by atoms with Crippen molar-refractivity contribution >= 4 is 36.1 Å². The third-order valence-corrected chi connectivity index (χ3v) is 6.64. The van der Waals surface area contributed by atoms with Crippen molar-refractivity contribution in [1.29, 1.82) is 0 Å². The summed E-state index contributed by atoms with van der Waals surface area (Å²) in [7, 11) is 0. The fourth-order valence-corrected chi connectivity index (χ4v) is 3.82. The van der Waals surface area contributed by atoms with Gasteiger partial charge in [-0.05, 0) is 95.2 Å². The Kier molecular flexibility index (Phi) is 10.8. The first-order chi connectivity index (χ1) is 18.9. The largest absolute Gasteiger partial charge is 0.462 e. The summed E-state index contributed by atoms with van der Waals surface area (Å²) >= 11 is 5.56. The number of carbonyl (C=O) groups excluding carboxylic acids is 4. The first-order valence-corrected chi connectivity index (χ1v) is 14.5. The molecular weight excluding hydrogens is 562 g/mol. The van der Waals surface area contributed by atoms with Crippen LogP contribution in [0.3, 0.4) is 0 Å². The maximum absolute atomic E-state index is 13.3. The van der Waals surface area contributed by atoms with Gasteiger partial charge in [0.2, 0.25) is 0 Å². The number of pyridine rings is 1. The Morgan fingerprint density at radius 2 is 1.12 bits per heavy atom. The fourth-order valence-electron chi connectivity index (χ4n) is 3.58. The van der Waals surface area contributed by atoms with Crippen LogP contribution in [0.4, 0.5) is 0 Å². The van der Waals surface area contributed by atoms with Crippen LogP contribution in [0.2, 0.25) is 0 Å². The maximum Gasteiger partial charge on any atom is 0.311 e. The number of aromatic nitrogens is 1. The summed E-state index contributed by atoms with van der Waals surface area (Å²) in [5, 5.41) is 0. The molecule has 10 nitrogen and oxygen atoms in total. The minimum atomic E-state index is -1.34. The smallest absolute Gasteiger partial charge is 0.311 e. The molecule has 0 unspecified atom stereocenters. The minimum Gasteiger partial charge on any atom is -0.462 e. The van der Waals surface area contributed by atoms with Crippen molar-refractivity contribution in [3.63, 3.8) is 0 Å². The molecule has 0 spiro atoms. The van der Waals surface area contributed by atoms with Crippen LogP contribution in [0.15, 0.2) is 24.4 Å². The molecule has 1 saturated heterocycles. The van der Waals surface area contributed by atoms with Crippen molar-refractivity contribution in [3.05, 3.63) is 29.0 Å². The summed E-state index contributed by atoms with van der Waals surface area (Å²) in [5.74, 6) is -2.34. The highest BCUT2D eigenvalue weighted by molar-refractivity contribution is 7.71. The lowest BCUT2D eigenvalue weighted by Crippen LogP contribution is -2.62. The highest BCUT2D eigenvalue weighted by Gasteiger charge is 2.55. The molecular formula is C31H47NO9S. The van der Waals surface area contributed by atoms with Gasteiger partial charge < -0.3 is 28.3 Å². The molecule has 0 radical (unpaired) electrons. The first-order valence-electron chi connectivity index (χ1n) is 14.1. The molecule has 0 aromatic carbocycles. The van der Waals surface area contributed by atoms with Crippen LogP contribution in [0, 0.1) is 26.3 Å². The Morgan fingerprint density at radius 3 is 1.55 bits per heavy atom. The second-order valence-corrected chi connectivity index (χ2v) is 15.1. The van der Waals surface area contributed by atoms with Crippen molar-refractivity contribution in [3.8, 4) is 0 Å². The Labute approximate surface area is 254 Å². The molecule has 0 saturated carbocycles. The van der Waals surface area contributed by atoms with E-state index in [2.05, 4.69) is 0 Å². The number of hydrogen-bond acceptors (Lipinski definition) is 10. The number of carbonyl (C=O) groups is 4. The van der Waals surface area contributed by atoms with Crippen molar-refractivity contribution in [2.24, 2.45) is 21.7 Å². The van der Waals surface area contributed by atoms with E-state index >= 15 is 0 Å². The van der Waals surface area contributed by atoms with Gasteiger partial charge in [-0.2, -0.15) is 0 Å². The average Bonchev–Trinajstić information content (AvgIpc) is 2.82. The van der Waals surface area contributed by atoms with Crippen molar-refractivity contribution < 1.29 is 42.9 Å². The molecule has 42 heavy (non-hydrogen) atoms. The van der Waals surface area contributed by atoms with E-state index in [9.17, 15) is 19.2 Å². The lowest BCUT2D eigenvalue weighted by atomic mass is 9.92. The molecule has 0 aliphatic carbocycles. The molecule has 0 amide bonds. The first kappa shape index (κ1) is 35.4. The molecule has 0 N–H and O–H groups in total. The van der Waals surface area contributed by atoms with Crippen LogP contribution >= 0.6 is 12.2 Å². The Balaban J connectivity index is 2.78. The highest BCUT2D eigenvalue weighted by Crippen LogP contribution is 2.38. The van der Waals surface area contributed by atoms with Gasteiger partial charge in [-0.25, -0.2) is 0 Å². The molecule has 1 aromatic rings. The number of nitrogens with zero attached hydrogens (tertiary/aromatic N) is 1. The van der Waals surface area contributed by atoms with Crippen LogP contribution in [-0.4, -0.2) is 59.5 Å². The van der Waals surface area contributed by atoms with Gasteiger partial charge in [0.25, 0.3) is 0 Å². The predicted octanol–water partition coefficient (Wildman–Crippen LogP) is 5.58. The fraction of sp³-hybridized carbons (Fsp3) is 0.710. The maximum atomic E-state index is 13.3. The summed E-state index contributed by atoms with van der Waals surface area (Å²) in [6.45, 7) is 19.9. The van der Waals surface area contributed by atoms with Gasteiger partial charge in [-0.1, -0.05) is 18.3 Å². The summed E-state index contributed by atoms with van der Waals surface area (Å²) in [4.78, 5) is 52.6. The van der Waals surface area contributed by atoms with Gasteiger partial charge in [0.15, 0.2) is 24.5 Å². The SMILES string of the molecule is CC(C)(C)C(=O)OC[C@H]1O[C@@H](n2ccccc2=S)[C@H](OC(=O)C(C)(C)C)[C@@H](OC(=O)C(C)(C)C)[C@H]1OC(=O)C(C)(C)C. The zero-order valence-electron chi connectivity index (χ0n) is 26.9. The molecule has 2 rings (SSSR count). The van der Waals surface area contributed by atoms with Crippen molar-refractivity contribution in [1.82, 2.24) is 4.57 Å². The van der Waals surface area contributed by atoms with Gasteiger partial charge >= 0.3 is 23.9 Å². The van der Waals surface area contributed by atoms with E-state index in [-0.39, 0.29) is 6.61 Å². The molecule has 1 aliphatic heterocycles. The van der Waals surface area contributed by atoms with Crippen LogP contribution in [-0.2, 0) is 42.9 Å². The van der Waals surface area contributed by atoms with E-state index in [0.29, 0.717) is 4.64 Å². The quantitative estimate of drug-likeness (QED) is 0.230. The second-order valence-electron chi connectivity index (χ2n) is 14.7. The van der Waals surface area contributed by atoms with E-state index in [1.54, 1.807) is 112 Å². The van der Waals surface area contributed by atoms with Crippen LogP contribution in [0.1, 0.15) is 89.3 Å². The molecule has 11 heteroatoms. The third-order valence-electron chi connectivity index (χ3n) is 6.29. The Bertz CT molecular complexity index is 1210. The van der Waals surface area contributed by atoms with E-state index in [0.717, 1.165) is 0 Å². The van der Waals surface area contributed by atoms with Crippen molar-refractivity contribution in [2.45, 2.75) is 114 Å². The molecule has 236 valence electrons. The van der Waals surface area contributed by atoms with Gasteiger partial charge in [0.05, 0.1) is 21.7 Å². The second kappa shape index (κ2) is 12.8. The lowest BCUT2D eigenvalue weighted by Gasteiger charge is -2.46. The molecule has 1 fully saturated rings. The third kappa shape index (κ3) is 9.10. The van der Waals surface area contributed by atoms with E-state index in [1.165, 1.54) is 0 Å². The van der Waals surface area contributed by atoms with Gasteiger partial charge in [0.1, 0.15) is 17.4 Å². The number of rotatable bonds is 6. The normalized spacial score (nSPS) is 23.5. The van der Waals surface area contributed by atoms with E-state index in [4.69, 9.17) is 35.9 Å². The predicted molar refractivity (Wildman–Crippen MR) is 158 cm³/mol. The Hall–Kier alpha value is -2.79. The summed E-state index contributed by atoms with van der Waals surface area (Å²) in [6.07, 6.45) is -4.52. The molecule has 2 heterocycles. The molecule has 1 aromatic heterocycles. The van der Waals surface area contributed by atoms with Crippen LogP contribution in [0.25, 0.3) is 0 Å². The standard InChI is InChI=1S/C31H47NO9S/c1-28(2,3)24(33)37-17-18-20(39-25(34)29(4,5)6)21(40-26(35)30(7,8)9)22(41-27(36)31(10,11)12)23(38-18)32-16-14-13-15-19(32)42/h13-16,18,20-23H,17H2,1-12H3/t18-,20+,21+,22-,23-/m1/s1. The van der Waals surface area contributed by atoms with Gasteiger partial charge in [-0.3, -0.25) is 19.2 Å². The molecule has 0 bridgehead atoms. The summed E-state index contributed by atoms with van der Waals surface area (Å²) in [6, 6.07) is 5.13. The zero-order valence-corrected chi connectivity index (χ0v) is 27.7. The van der Waals surface area contributed by atoms with E-state index < -0.39 is 76.2 Å². The van der Waals surface area contributed by atoms with Crippen LogP contribution < -0.4 is 0 Å². The summed E-state index contributed by atoms with van der Waals surface area (Å²) in [5.41, 5.74) is -3.65. The zero-order chi connectivity index (χ0) is 32.4. The molecule has 1 aliphatic rings. The van der Waals surface area contributed by atoms with E-state index in [1.807, 2.05) is 0 Å². The number of ether oxygens (including phenoxy) is 5. The monoisotopic (exact) mass is 609 g/mol. The molecule has 5 atom stereocenters. The topological polar surface area (TPSA) is 119 Å². The minimum absolute atomic E-state index is 0.335. The average molecular weight is 610 g/mol. The number of esters is 4. The Morgan fingerprint density at radius 1 is 0.690 bits per heavy atom.